The molecule has 0 aliphatic heterocycles. The molecule has 0 spiro atoms. The molecule has 3 nitrogen and oxygen atoms in total. The summed E-state index contributed by atoms with van der Waals surface area (Å²) >= 11 is 0. The lowest BCUT2D eigenvalue weighted by Crippen LogP contribution is -2.41. The van der Waals surface area contributed by atoms with Gasteiger partial charge in [0, 0.05) is 18.8 Å². The third-order valence-electron chi connectivity index (χ3n) is 4.09. The summed E-state index contributed by atoms with van der Waals surface area (Å²) in [5, 5.41) is 3.05. The molecule has 1 aliphatic rings. The van der Waals surface area contributed by atoms with Gasteiger partial charge in [-0.3, -0.25) is 9.59 Å². The number of Topliss-reactive ketones (excluding diaryl/α,β-unsaturated/α-hetero) is 1. The number of amides is 1. The normalized spacial score (nSPS) is 19.1. The first kappa shape index (κ1) is 14.8. The van der Waals surface area contributed by atoms with Gasteiger partial charge >= 0.3 is 0 Å². The van der Waals surface area contributed by atoms with Crippen LogP contribution in [0.2, 0.25) is 0 Å². The number of carbonyl (C=O) groups excluding carboxylic acids is 2. The van der Waals surface area contributed by atoms with Crippen molar-refractivity contribution in [2.75, 3.05) is 0 Å². The van der Waals surface area contributed by atoms with Crippen LogP contribution in [0.3, 0.4) is 0 Å². The molecule has 0 saturated heterocycles. The van der Waals surface area contributed by atoms with E-state index in [0.29, 0.717) is 12.8 Å². The van der Waals surface area contributed by atoms with Gasteiger partial charge in [-0.25, -0.2) is 0 Å². The van der Waals surface area contributed by atoms with Crippen molar-refractivity contribution >= 4 is 11.7 Å². The molecular formula is C17H23NO2. The minimum atomic E-state index is -0.410. The zero-order chi connectivity index (χ0) is 14.8. The second-order valence-electron chi connectivity index (χ2n) is 6.30. The zero-order valence-corrected chi connectivity index (χ0v) is 12.5. The monoisotopic (exact) mass is 273 g/mol. The third-order valence-corrected chi connectivity index (χ3v) is 4.09. The van der Waals surface area contributed by atoms with Gasteiger partial charge in [0.05, 0.1) is 5.54 Å². The Morgan fingerprint density at radius 1 is 1.30 bits per heavy atom. The van der Waals surface area contributed by atoms with E-state index in [1.807, 2.05) is 45.0 Å². The lowest BCUT2D eigenvalue weighted by Gasteiger charge is -2.27. The average molecular weight is 273 g/mol. The van der Waals surface area contributed by atoms with Crippen LogP contribution in [0.4, 0.5) is 0 Å². The van der Waals surface area contributed by atoms with E-state index in [0.717, 1.165) is 18.4 Å². The molecule has 1 atom stereocenters. The molecule has 0 aromatic heterocycles. The molecule has 0 bridgehead atoms. The predicted molar refractivity (Wildman–Crippen MR) is 79.3 cm³/mol. The number of ketones is 1. The van der Waals surface area contributed by atoms with E-state index in [9.17, 15) is 9.59 Å². The highest BCUT2D eigenvalue weighted by Crippen LogP contribution is 2.26. The fourth-order valence-corrected chi connectivity index (χ4v) is 2.77. The highest BCUT2D eigenvalue weighted by atomic mass is 16.2. The largest absolute Gasteiger partial charge is 0.347 e. The Bertz CT molecular complexity index is 502. The lowest BCUT2D eigenvalue weighted by atomic mass is 9.92. The van der Waals surface area contributed by atoms with Gasteiger partial charge in [-0.15, -0.1) is 0 Å². The van der Waals surface area contributed by atoms with Gasteiger partial charge in [0.1, 0.15) is 5.78 Å². The van der Waals surface area contributed by atoms with Crippen molar-refractivity contribution in [1.82, 2.24) is 5.32 Å². The fourth-order valence-electron chi connectivity index (χ4n) is 2.77. The van der Waals surface area contributed by atoms with Crippen molar-refractivity contribution in [2.45, 2.75) is 52.0 Å². The van der Waals surface area contributed by atoms with E-state index < -0.39 is 5.54 Å². The third kappa shape index (κ3) is 3.47. The van der Waals surface area contributed by atoms with Gasteiger partial charge in [-0.1, -0.05) is 29.8 Å². The van der Waals surface area contributed by atoms with Crippen LogP contribution < -0.4 is 5.32 Å². The van der Waals surface area contributed by atoms with Crippen molar-refractivity contribution in [1.29, 1.82) is 0 Å². The first-order valence-corrected chi connectivity index (χ1v) is 7.29. The summed E-state index contributed by atoms with van der Waals surface area (Å²) in [6, 6.07) is 8.17. The summed E-state index contributed by atoms with van der Waals surface area (Å²) in [7, 11) is 0. The van der Waals surface area contributed by atoms with Crippen LogP contribution in [0.1, 0.15) is 50.7 Å². The van der Waals surface area contributed by atoms with E-state index >= 15 is 0 Å². The minimum absolute atomic E-state index is 0.0316. The van der Waals surface area contributed by atoms with E-state index in [1.165, 1.54) is 5.56 Å². The highest BCUT2D eigenvalue weighted by molar-refractivity contribution is 5.88. The maximum atomic E-state index is 12.1. The molecular weight excluding hydrogens is 250 g/mol. The number of carbonyl (C=O) groups is 2. The van der Waals surface area contributed by atoms with Crippen LogP contribution >= 0.6 is 0 Å². The Balaban J connectivity index is 1.98. The molecule has 1 saturated carbocycles. The summed E-state index contributed by atoms with van der Waals surface area (Å²) < 4.78 is 0. The molecule has 1 unspecified atom stereocenters. The van der Waals surface area contributed by atoms with Crippen molar-refractivity contribution in [3.05, 3.63) is 35.4 Å². The van der Waals surface area contributed by atoms with Gasteiger partial charge < -0.3 is 5.32 Å². The zero-order valence-electron chi connectivity index (χ0n) is 12.5. The Morgan fingerprint density at radius 3 is 2.50 bits per heavy atom. The minimum Gasteiger partial charge on any atom is -0.347 e. The van der Waals surface area contributed by atoms with E-state index in [4.69, 9.17) is 0 Å². The van der Waals surface area contributed by atoms with Crippen LogP contribution in [0.25, 0.3) is 0 Å². The molecule has 1 fully saturated rings. The van der Waals surface area contributed by atoms with E-state index in [1.54, 1.807) is 0 Å². The van der Waals surface area contributed by atoms with Crippen LogP contribution in [-0.4, -0.2) is 11.7 Å². The molecule has 1 amide bonds. The SMILES string of the molecule is Cc1ccc(C(C)(C)NC(=O)CC2CCCC2=O)cc1. The number of benzene rings is 1. The van der Waals surface area contributed by atoms with Gasteiger partial charge in [-0.2, -0.15) is 0 Å². The van der Waals surface area contributed by atoms with Crippen molar-refractivity contribution in [2.24, 2.45) is 5.92 Å². The molecule has 20 heavy (non-hydrogen) atoms. The Hall–Kier alpha value is -1.64. The molecule has 3 heteroatoms. The molecule has 1 aromatic carbocycles. The molecule has 0 heterocycles. The molecule has 108 valence electrons. The molecule has 1 aliphatic carbocycles. The maximum absolute atomic E-state index is 12.1. The fraction of sp³-hybridized carbons (Fsp3) is 0.529. The topological polar surface area (TPSA) is 46.2 Å². The predicted octanol–water partition coefficient (Wildman–Crippen LogP) is 3.11. The van der Waals surface area contributed by atoms with Gasteiger partial charge in [0.2, 0.25) is 5.91 Å². The highest BCUT2D eigenvalue weighted by Gasteiger charge is 2.29. The first-order valence-electron chi connectivity index (χ1n) is 7.29. The number of hydrogen-bond acceptors (Lipinski definition) is 2. The number of nitrogens with one attached hydrogen (secondary N) is 1. The Morgan fingerprint density at radius 2 is 1.95 bits per heavy atom. The second-order valence-corrected chi connectivity index (χ2v) is 6.30. The summed E-state index contributed by atoms with van der Waals surface area (Å²) in [5.41, 5.74) is 1.87. The number of aryl methyl sites for hydroxylation is 1. The summed E-state index contributed by atoms with van der Waals surface area (Å²) in [4.78, 5) is 23.7. The molecule has 2 rings (SSSR count). The van der Waals surface area contributed by atoms with E-state index in [2.05, 4.69) is 5.32 Å². The second kappa shape index (κ2) is 5.78. The van der Waals surface area contributed by atoms with Crippen LogP contribution in [0.15, 0.2) is 24.3 Å². The summed E-state index contributed by atoms with van der Waals surface area (Å²) in [6.07, 6.45) is 2.75. The Labute approximate surface area is 120 Å². The van der Waals surface area contributed by atoms with Crippen LogP contribution in [0.5, 0.6) is 0 Å². The standard InChI is InChI=1S/C17H23NO2/c1-12-7-9-14(10-8-12)17(2,3)18-16(20)11-13-5-4-6-15(13)19/h7-10,13H,4-6,11H2,1-3H3,(H,18,20). The van der Waals surface area contributed by atoms with Crippen LogP contribution in [0, 0.1) is 12.8 Å². The Kier molecular flexibility index (Phi) is 4.26. The molecule has 0 radical (unpaired) electrons. The lowest BCUT2D eigenvalue weighted by molar-refractivity contribution is -0.128. The summed E-state index contributed by atoms with van der Waals surface area (Å²) in [5.74, 6) is 0.146. The van der Waals surface area contributed by atoms with Crippen molar-refractivity contribution in [3.63, 3.8) is 0 Å². The van der Waals surface area contributed by atoms with Gasteiger partial charge in [0.15, 0.2) is 0 Å². The number of hydrogen-bond donors (Lipinski definition) is 1. The van der Waals surface area contributed by atoms with Crippen molar-refractivity contribution in [3.8, 4) is 0 Å². The maximum Gasteiger partial charge on any atom is 0.221 e. The summed E-state index contributed by atoms with van der Waals surface area (Å²) in [6.45, 7) is 6.03. The van der Waals surface area contributed by atoms with E-state index in [-0.39, 0.29) is 17.6 Å². The molecule has 1 aromatic rings. The van der Waals surface area contributed by atoms with Crippen molar-refractivity contribution < 1.29 is 9.59 Å². The van der Waals surface area contributed by atoms with Crippen LogP contribution in [-0.2, 0) is 15.1 Å². The quantitative estimate of drug-likeness (QED) is 0.916. The van der Waals surface area contributed by atoms with Gasteiger partial charge in [0.25, 0.3) is 0 Å². The smallest absolute Gasteiger partial charge is 0.221 e. The van der Waals surface area contributed by atoms with Gasteiger partial charge in [-0.05, 0) is 39.2 Å². The number of rotatable bonds is 4. The average Bonchev–Trinajstić information content (AvgIpc) is 2.74. The molecule has 1 N–H and O–H groups in total. The first-order chi connectivity index (χ1) is 9.38.